The lowest BCUT2D eigenvalue weighted by Crippen LogP contribution is -2.24. The van der Waals surface area contributed by atoms with Crippen molar-refractivity contribution in [2.24, 2.45) is 7.05 Å². The molecule has 0 bridgehead atoms. The number of nitrogens with zero attached hydrogens (tertiary/aromatic N) is 4. The predicted octanol–water partition coefficient (Wildman–Crippen LogP) is 4.11. The van der Waals surface area contributed by atoms with Gasteiger partial charge in [-0.15, -0.1) is 11.3 Å². The van der Waals surface area contributed by atoms with Gasteiger partial charge in [0.2, 0.25) is 5.91 Å². The zero-order valence-corrected chi connectivity index (χ0v) is 20.9. The molecule has 34 heavy (non-hydrogen) atoms. The Morgan fingerprint density at radius 1 is 1.26 bits per heavy atom. The lowest BCUT2D eigenvalue weighted by molar-refractivity contribution is -0.113. The Labute approximate surface area is 205 Å². The molecule has 0 fully saturated rings. The van der Waals surface area contributed by atoms with E-state index in [4.69, 9.17) is 9.72 Å². The highest BCUT2D eigenvalue weighted by Crippen LogP contribution is 2.36. The Balaban J connectivity index is 1.56. The van der Waals surface area contributed by atoms with Crippen LogP contribution in [-0.2, 0) is 24.7 Å². The number of hydrogen-bond donors (Lipinski definition) is 1. The maximum Gasteiger partial charge on any atom is 0.267 e. The zero-order valence-electron chi connectivity index (χ0n) is 19.3. The molecule has 0 radical (unpaired) electrons. The first kappa shape index (κ1) is 22.7. The normalized spacial score (nSPS) is 13.1. The van der Waals surface area contributed by atoms with Crippen LogP contribution in [0.5, 0.6) is 5.75 Å². The number of anilines is 1. The Kier molecular flexibility index (Phi) is 6.18. The quantitative estimate of drug-likeness (QED) is 0.320. The van der Waals surface area contributed by atoms with Gasteiger partial charge in [-0.05, 0) is 50.3 Å². The minimum atomic E-state index is -0.195. The van der Waals surface area contributed by atoms with Gasteiger partial charge in [0.05, 0.1) is 29.6 Å². The third-order valence-electron chi connectivity index (χ3n) is 5.89. The third-order valence-corrected chi connectivity index (χ3v) is 8.01. The van der Waals surface area contributed by atoms with Crippen LogP contribution in [0.15, 0.2) is 40.3 Å². The van der Waals surface area contributed by atoms with Crippen molar-refractivity contribution in [3.05, 3.63) is 56.8 Å². The summed E-state index contributed by atoms with van der Waals surface area (Å²) in [6.07, 6.45) is 4.10. The Morgan fingerprint density at radius 3 is 2.82 bits per heavy atom. The van der Waals surface area contributed by atoms with Crippen molar-refractivity contribution in [2.45, 2.75) is 37.8 Å². The van der Waals surface area contributed by atoms with Crippen LogP contribution < -0.4 is 15.6 Å². The number of ether oxygens (including phenoxy) is 1. The lowest BCUT2D eigenvalue weighted by Gasteiger charge is -2.15. The third kappa shape index (κ3) is 4.12. The van der Waals surface area contributed by atoms with Gasteiger partial charge in [0.1, 0.15) is 16.4 Å². The standard InChI is InChI=1S/C24H25N5O3S2/c1-14-12-19(28(2)27-14)25-20(30)13-33-24-26-22-21(15-8-4-7-11-18(15)34-22)23(31)29(24)16-9-5-6-10-17(16)32-3/h5-6,9-10,12H,4,7-8,11,13H2,1-3H3,(H,25,30). The van der Waals surface area contributed by atoms with E-state index in [1.54, 1.807) is 34.7 Å². The van der Waals surface area contributed by atoms with Crippen LogP contribution in [0.3, 0.4) is 0 Å². The van der Waals surface area contributed by atoms with E-state index in [9.17, 15) is 9.59 Å². The Morgan fingerprint density at radius 2 is 2.06 bits per heavy atom. The number of amides is 1. The van der Waals surface area contributed by atoms with Crippen LogP contribution in [-0.4, -0.2) is 38.1 Å². The number of aryl methyl sites for hydroxylation is 4. The van der Waals surface area contributed by atoms with Gasteiger partial charge >= 0.3 is 0 Å². The molecule has 0 saturated carbocycles. The highest BCUT2D eigenvalue weighted by Gasteiger charge is 2.24. The fourth-order valence-electron chi connectivity index (χ4n) is 4.35. The van der Waals surface area contributed by atoms with Gasteiger partial charge in [0.25, 0.3) is 5.56 Å². The second kappa shape index (κ2) is 9.27. The topological polar surface area (TPSA) is 91.0 Å². The molecule has 8 nitrogen and oxygen atoms in total. The van der Waals surface area contributed by atoms with Crippen molar-refractivity contribution >= 4 is 45.0 Å². The number of carbonyl (C=O) groups excluding carboxylic acids is 1. The van der Waals surface area contributed by atoms with Gasteiger partial charge in [-0.2, -0.15) is 5.10 Å². The number of hydrogen-bond acceptors (Lipinski definition) is 7. The highest BCUT2D eigenvalue weighted by molar-refractivity contribution is 7.99. The number of benzene rings is 1. The predicted molar refractivity (Wildman–Crippen MR) is 136 cm³/mol. The summed E-state index contributed by atoms with van der Waals surface area (Å²) in [7, 11) is 3.36. The number of fused-ring (bicyclic) bond motifs is 3. The lowest BCUT2D eigenvalue weighted by atomic mass is 9.97. The first-order chi connectivity index (χ1) is 16.5. The molecule has 3 aromatic heterocycles. The van der Waals surface area contributed by atoms with E-state index in [1.807, 2.05) is 37.3 Å². The maximum absolute atomic E-state index is 13.9. The number of carbonyl (C=O) groups is 1. The van der Waals surface area contributed by atoms with Gasteiger partial charge in [-0.3, -0.25) is 18.8 Å². The molecule has 1 amide bonds. The van der Waals surface area contributed by atoms with Crippen molar-refractivity contribution < 1.29 is 9.53 Å². The molecule has 0 unspecified atom stereocenters. The van der Waals surface area contributed by atoms with Crippen LogP contribution in [0.1, 0.15) is 29.0 Å². The van der Waals surface area contributed by atoms with Crippen LogP contribution in [0, 0.1) is 6.92 Å². The summed E-state index contributed by atoms with van der Waals surface area (Å²) in [5.41, 5.74) is 2.46. The molecule has 0 aliphatic heterocycles. The summed E-state index contributed by atoms with van der Waals surface area (Å²) in [5, 5.41) is 8.30. The molecule has 1 N–H and O–H groups in total. The SMILES string of the molecule is COc1ccccc1-n1c(SCC(=O)Nc2cc(C)nn2C)nc2sc3c(c2c1=O)CCCC3. The van der Waals surface area contributed by atoms with Crippen molar-refractivity contribution in [3.63, 3.8) is 0 Å². The smallest absolute Gasteiger partial charge is 0.267 e. The molecule has 1 aliphatic rings. The van der Waals surface area contributed by atoms with Crippen molar-refractivity contribution in [1.29, 1.82) is 0 Å². The highest BCUT2D eigenvalue weighted by atomic mass is 32.2. The average molecular weight is 496 g/mol. The summed E-state index contributed by atoms with van der Waals surface area (Å²) >= 11 is 2.84. The van der Waals surface area contributed by atoms with E-state index in [2.05, 4.69) is 10.4 Å². The minimum Gasteiger partial charge on any atom is -0.495 e. The van der Waals surface area contributed by atoms with E-state index in [0.717, 1.165) is 41.8 Å². The number of aromatic nitrogens is 4. The molecule has 1 aromatic carbocycles. The molecule has 3 heterocycles. The van der Waals surface area contributed by atoms with Crippen LogP contribution >= 0.6 is 23.1 Å². The second-order valence-electron chi connectivity index (χ2n) is 8.23. The van der Waals surface area contributed by atoms with Crippen molar-refractivity contribution in [3.8, 4) is 11.4 Å². The zero-order chi connectivity index (χ0) is 23.8. The van der Waals surface area contributed by atoms with Gasteiger partial charge in [0, 0.05) is 18.0 Å². The molecule has 0 saturated heterocycles. The summed E-state index contributed by atoms with van der Waals surface area (Å²) < 4.78 is 8.77. The van der Waals surface area contributed by atoms with Crippen LogP contribution in [0.2, 0.25) is 0 Å². The number of thiophene rings is 1. The van der Waals surface area contributed by atoms with Crippen molar-refractivity contribution in [1.82, 2.24) is 19.3 Å². The minimum absolute atomic E-state index is 0.0996. The largest absolute Gasteiger partial charge is 0.495 e. The molecular formula is C24H25N5O3S2. The van der Waals surface area contributed by atoms with E-state index in [0.29, 0.717) is 27.8 Å². The first-order valence-corrected chi connectivity index (χ1v) is 12.9. The Hall–Kier alpha value is -3.11. The summed E-state index contributed by atoms with van der Waals surface area (Å²) in [4.78, 5) is 33.5. The number of methoxy groups -OCH3 is 1. The van der Waals surface area contributed by atoms with E-state index < -0.39 is 0 Å². The summed E-state index contributed by atoms with van der Waals surface area (Å²) in [5.74, 6) is 1.10. The van der Waals surface area contributed by atoms with Crippen LogP contribution in [0.4, 0.5) is 5.82 Å². The fraction of sp³-hybridized carbons (Fsp3) is 0.333. The molecule has 10 heteroatoms. The van der Waals surface area contributed by atoms with E-state index >= 15 is 0 Å². The van der Waals surface area contributed by atoms with Gasteiger partial charge in [-0.25, -0.2) is 4.98 Å². The van der Waals surface area contributed by atoms with Crippen molar-refractivity contribution in [2.75, 3.05) is 18.2 Å². The molecule has 1 aliphatic carbocycles. The van der Waals surface area contributed by atoms with E-state index in [-0.39, 0.29) is 17.2 Å². The van der Waals surface area contributed by atoms with Crippen LogP contribution in [0.25, 0.3) is 15.9 Å². The van der Waals surface area contributed by atoms with Gasteiger partial charge in [-0.1, -0.05) is 23.9 Å². The first-order valence-electron chi connectivity index (χ1n) is 11.1. The monoisotopic (exact) mass is 495 g/mol. The number of para-hydroxylation sites is 2. The maximum atomic E-state index is 13.9. The number of nitrogens with one attached hydrogen (secondary N) is 1. The Bertz CT molecular complexity index is 1450. The average Bonchev–Trinajstić information content (AvgIpc) is 3.36. The summed E-state index contributed by atoms with van der Waals surface area (Å²) in [6.45, 7) is 1.87. The van der Waals surface area contributed by atoms with E-state index in [1.165, 1.54) is 16.6 Å². The van der Waals surface area contributed by atoms with Gasteiger partial charge in [0.15, 0.2) is 5.16 Å². The molecule has 0 atom stereocenters. The molecule has 4 aromatic rings. The number of rotatable bonds is 6. The molecule has 5 rings (SSSR count). The summed E-state index contributed by atoms with van der Waals surface area (Å²) in [6, 6.07) is 9.20. The molecule has 0 spiro atoms. The fourth-order valence-corrected chi connectivity index (χ4v) is 6.45. The number of thioether (sulfide) groups is 1. The molecule has 176 valence electrons. The van der Waals surface area contributed by atoms with Gasteiger partial charge < -0.3 is 10.1 Å². The molecular weight excluding hydrogens is 470 g/mol. The second-order valence-corrected chi connectivity index (χ2v) is 10.3.